The van der Waals surface area contributed by atoms with Crippen molar-refractivity contribution in [1.82, 2.24) is 4.31 Å². The van der Waals surface area contributed by atoms with Gasteiger partial charge in [0.05, 0.1) is 24.7 Å². The van der Waals surface area contributed by atoms with Crippen molar-refractivity contribution in [2.75, 3.05) is 26.5 Å². The first-order valence-electron chi connectivity index (χ1n) is 8.59. The molecule has 0 bridgehead atoms. The molecule has 7 nitrogen and oxygen atoms in total. The van der Waals surface area contributed by atoms with Crippen LogP contribution < -0.4 is 10.1 Å². The van der Waals surface area contributed by atoms with E-state index in [4.69, 9.17) is 9.15 Å². The molecule has 0 saturated carbocycles. The van der Waals surface area contributed by atoms with Crippen LogP contribution in [-0.2, 0) is 21.2 Å². The van der Waals surface area contributed by atoms with Crippen LogP contribution >= 0.6 is 0 Å². The molecule has 0 saturated heterocycles. The largest absolute Gasteiger partial charge is 0.497 e. The average Bonchev–Trinajstić information content (AvgIpc) is 3.05. The second-order valence-electron chi connectivity index (χ2n) is 6.61. The Morgan fingerprint density at radius 2 is 1.93 bits per heavy atom. The molecule has 1 amide bonds. The highest BCUT2D eigenvalue weighted by molar-refractivity contribution is 7.89. The smallest absolute Gasteiger partial charge is 0.242 e. The number of rotatable bonds is 6. The third-order valence-electron chi connectivity index (χ3n) is 4.48. The Hall–Kier alpha value is -2.84. The van der Waals surface area contributed by atoms with Crippen molar-refractivity contribution in [3.05, 3.63) is 53.8 Å². The number of amides is 1. The van der Waals surface area contributed by atoms with E-state index in [-0.39, 0.29) is 17.2 Å². The summed E-state index contributed by atoms with van der Waals surface area (Å²) in [5.74, 6) is 0.411. The predicted molar refractivity (Wildman–Crippen MR) is 107 cm³/mol. The molecule has 1 N–H and O–H groups in total. The van der Waals surface area contributed by atoms with Crippen LogP contribution in [0, 0.1) is 6.92 Å². The molecule has 2 aromatic carbocycles. The zero-order chi connectivity index (χ0) is 20.5. The van der Waals surface area contributed by atoms with Crippen molar-refractivity contribution >= 4 is 32.6 Å². The number of hydrogen-bond acceptors (Lipinski definition) is 5. The number of benzene rings is 2. The third kappa shape index (κ3) is 3.88. The molecule has 0 aliphatic rings. The van der Waals surface area contributed by atoms with E-state index in [1.54, 1.807) is 38.5 Å². The maximum Gasteiger partial charge on any atom is 0.242 e. The van der Waals surface area contributed by atoms with Crippen molar-refractivity contribution in [2.45, 2.75) is 18.2 Å². The van der Waals surface area contributed by atoms with Gasteiger partial charge < -0.3 is 14.5 Å². The van der Waals surface area contributed by atoms with Crippen LogP contribution in [0.15, 0.2) is 52.0 Å². The Bertz CT molecular complexity index is 1130. The van der Waals surface area contributed by atoms with Crippen LogP contribution in [0.4, 0.5) is 5.69 Å². The predicted octanol–water partition coefficient (Wildman–Crippen LogP) is 3.18. The number of fused-ring (bicyclic) bond motifs is 1. The fraction of sp³-hybridized carbons (Fsp3) is 0.250. The summed E-state index contributed by atoms with van der Waals surface area (Å²) in [6, 6.07) is 10.1. The lowest BCUT2D eigenvalue weighted by atomic mass is 10.1. The Morgan fingerprint density at radius 1 is 1.18 bits per heavy atom. The molecular weight excluding hydrogens is 380 g/mol. The van der Waals surface area contributed by atoms with Crippen molar-refractivity contribution < 1.29 is 22.4 Å². The number of ether oxygens (including phenoxy) is 1. The van der Waals surface area contributed by atoms with E-state index < -0.39 is 10.0 Å². The van der Waals surface area contributed by atoms with Crippen LogP contribution in [0.2, 0.25) is 0 Å². The molecule has 0 aliphatic heterocycles. The minimum absolute atomic E-state index is 0.101. The molecule has 0 unspecified atom stereocenters. The molecule has 0 spiro atoms. The fourth-order valence-electron chi connectivity index (χ4n) is 2.80. The molecule has 0 aliphatic carbocycles. The number of carbonyl (C=O) groups is 1. The first-order chi connectivity index (χ1) is 13.2. The maximum atomic E-state index is 12.6. The Morgan fingerprint density at radius 3 is 2.61 bits per heavy atom. The molecule has 28 heavy (non-hydrogen) atoms. The fourth-order valence-corrected chi connectivity index (χ4v) is 3.73. The minimum atomic E-state index is -3.58. The number of nitrogens with zero attached hydrogens (tertiary/aromatic N) is 1. The zero-order valence-electron chi connectivity index (χ0n) is 16.1. The van der Waals surface area contributed by atoms with Gasteiger partial charge in [-0.3, -0.25) is 4.79 Å². The molecule has 0 atom stereocenters. The van der Waals surface area contributed by atoms with E-state index >= 15 is 0 Å². The van der Waals surface area contributed by atoms with Gasteiger partial charge in [0.2, 0.25) is 15.9 Å². The lowest BCUT2D eigenvalue weighted by molar-refractivity contribution is -0.115. The molecule has 148 valence electrons. The third-order valence-corrected chi connectivity index (χ3v) is 6.29. The number of sulfonamides is 1. The zero-order valence-corrected chi connectivity index (χ0v) is 17.0. The normalized spacial score (nSPS) is 11.8. The standard InChI is InChI=1S/C20H22N2O5S/c1-13-5-7-16(28(24,25)22(2)3)11-18(13)21-20(23)9-14-12-27-19-10-15(26-4)6-8-17(14)19/h5-8,10-12H,9H2,1-4H3,(H,21,23). The molecular formula is C20H22N2O5S. The highest BCUT2D eigenvalue weighted by Crippen LogP contribution is 2.27. The number of nitrogens with one attached hydrogen (secondary N) is 1. The van der Waals surface area contributed by atoms with E-state index in [0.717, 1.165) is 20.8 Å². The van der Waals surface area contributed by atoms with Crippen LogP contribution in [-0.4, -0.2) is 39.8 Å². The summed E-state index contributed by atoms with van der Waals surface area (Å²) in [6.07, 6.45) is 1.65. The van der Waals surface area contributed by atoms with Gasteiger partial charge in [0.25, 0.3) is 0 Å². The van der Waals surface area contributed by atoms with Gasteiger partial charge >= 0.3 is 0 Å². The molecule has 1 aromatic heterocycles. The van der Waals surface area contributed by atoms with Gasteiger partial charge in [-0.2, -0.15) is 0 Å². The topological polar surface area (TPSA) is 88.8 Å². The van der Waals surface area contributed by atoms with E-state index in [2.05, 4.69) is 5.32 Å². The van der Waals surface area contributed by atoms with Gasteiger partial charge in [-0.15, -0.1) is 0 Å². The minimum Gasteiger partial charge on any atom is -0.497 e. The van der Waals surface area contributed by atoms with Gasteiger partial charge in [-0.1, -0.05) is 6.07 Å². The monoisotopic (exact) mass is 402 g/mol. The highest BCUT2D eigenvalue weighted by atomic mass is 32.2. The summed E-state index contributed by atoms with van der Waals surface area (Å²) in [5, 5.41) is 3.63. The lowest BCUT2D eigenvalue weighted by Gasteiger charge is -2.14. The number of aryl methyl sites for hydroxylation is 1. The number of hydrogen-bond donors (Lipinski definition) is 1. The van der Waals surface area contributed by atoms with Crippen molar-refractivity contribution in [3.8, 4) is 5.75 Å². The summed E-state index contributed by atoms with van der Waals surface area (Å²) in [4.78, 5) is 12.7. The molecule has 0 radical (unpaired) electrons. The van der Waals surface area contributed by atoms with Crippen LogP contribution in [0.1, 0.15) is 11.1 Å². The number of carbonyl (C=O) groups excluding carboxylic acids is 1. The van der Waals surface area contributed by atoms with Gasteiger partial charge in [-0.05, 0) is 36.8 Å². The molecule has 0 fully saturated rings. The first-order valence-corrected chi connectivity index (χ1v) is 10.0. The summed E-state index contributed by atoms with van der Waals surface area (Å²) >= 11 is 0. The molecule has 3 rings (SSSR count). The quantitative estimate of drug-likeness (QED) is 0.684. The Balaban J connectivity index is 1.82. The average molecular weight is 402 g/mol. The van der Waals surface area contributed by atoms with Crippen molar-refractivity contribution in [3.63, 3.8) is 0 Å². The first kappa shape index (κ1) is 19.9. The molecule has 1 heterocycles. The number of anilines is 1. The maximum absolute atomic E-state index is 12.6. The van der Waals surface area contributed by atoms with E-state index in [9.17, 15) is 13.2 Å². The van der Waals surface area contributed by atoms with Crippen LogP contribution in [0.3, 0.4) is 0 Å². The SMILES string of the molecule is COc1ccc2c(CC(=O)Nc3cc(S(=O)(=O)N(C)C)ccc3C)coc2c1. The molecule has 8 heteroatoms. The van der Waals surface area contributed by atoms with Gasteiger partial charge in [0.1, 0.15) is 11.3 Å². The summed E-state index contributed by atoms with van der Waals surface area (Å²) in [7, 11) is 0.922. The van der Waals surface area contributed by atoms with E-state index in [1.165, 1.54) is 26.2 Å². The van der Waals surface area contributed by atoms with Gasteiger partial charge in [0, 0.05) is 36.8 Å². The Labute approximate surface area is 163 Å². The summed E-state index contributed by atoms with van der Waals surface area (Å²) < 4.78 is 36.5. The summed E-state index contributed by atoms with van der Waals surface area (Å²) in [5.41, 5.74) is 2.61. The second-order valence-corrected chi connectivity index (χ2v) is 8.76. The number of furan rings is 1. The lowest BCUT2D eigenvalue weighted by Crippen LogP contribution is -2.22. The second kappa shape index (κ2) is 7.65. The Kier molecular flexibility index (Phi) is 5.44. The molecule has 3 aromatic rings. The van der Waals surface area contributed by atoms with Crippen LogP contribution in [0.25, 0.3) is 11.0 Å². The van der Waals surface area contributed by atoms with Crippen molar-refractivity contribution in [2.24, 2.45) is 0 Å². The highest BCUT2D eigenvalue weighted by Gasteiger charge is 2.19. The van der Waals surface area contributed by atoms with Gasteiger partial charge in [-0.25, -0.2) is 12.7 Å². The van der Waals surface area contributed by atoms with E-state index in [0.29, 0.717) is 17.0 Å². The van der Waals surface area contributed by atoms with E-state index in [1.807, 2.05) is 6.07 Å². The summed E-state index contributed by atoms with van der Waals surface area (Å²) in [6.45, 7) is 1.81. The van der Waals surface area contributed by atoms with Crippen LogP contribution in [0.5, 0.6) is 5.75 Å². The van der Waals surface area contributed by atoms with Crippen molar-refractivity contribution in [1.29, 1.82) is 0 Å². The van der Waals surface area contributed by atoms with Gasteiger partial charge in [0.15, 0.2) is 0 Å². The number of methoxy groups -OCH3 is 1.